The first kappa shape index (κ1) is 13.9. The van der Waals surface area contributed by atoms with Gasteiger partial charge in [0.25, 0.3) is 0 Å². The van der Waals surface area contributed by atoms with Crippen molar-refractivity contribution in [2.24, 2.45) is 0 Å². The lowest BCUT2D eigenvalue weighted by molar-refractivity contribution is 0.0732. The molecular formula is C15H15F2N3O. The Morgan fingerprint density at radius 1 is 1.24 bits per heavy atom. The summed E-state index contributed by atoms with van der Waals surface area (Å²) < 4.78 is 26.7. The van der Waals surface area contributed by atoms with E-state index in [1.54, 1.807) is 6.07 Å². The van der Waals surface area contributed by atoms with Gasteiger partial charge in [-0.3, -0.25) is 0 Å². The molecule has 110 valence electrons. The van der Waals surface area contributed by atoms with E-state index < -0.39 is 11.6 Å². The van der Waals surface area contributed by atoms with E-state index in [9.17, 15) is 13.9 Å². The smallest absolute Gasteiger partial charge is 0.163 e. The molecule has 0 amide bonds. The van der Waals surface area contributed by atoms with Crippen LogP contribution < -0.4 is 5.32 Å². The number of hydrogen-bond donors (Lipinski definition) is 2. The molecule has 1 aliphatic carbocycles. The zero-order chi connectivity index (χ0) is 14.8. The van der Waals surface area contributed by atoms with E-state index in [0.29, 0.717) is 18.7 Å². The lowest BCUT2D eigenvalue weighted by Gasteiger charge is -2.30. The number of hydrogen-bond acceptors (Lipinski definition) is 4. The van der Waals surface area contributed by atoms with Gasteiger partial charge in [-0.15, -0.1) is 0 Å². The molecule has 1 heterocycles. The van der Waals surface area contributed by atoms with Crippen LogP contribution in [-0.4, -0.2) is 21.2 Å². The fourth-order valence-corrected chi connectivity index (χ4v) is 2.39. The number of nitrogens with zero attached hydrogens (tertiary/aromatic N) is 2. The number of halogens is 2. The Bertz CT molecular complexity index is 645. The van der Waals surface area contributed by atoms with Gasteiger partial charge in [0, 0.05) is 29.8 Å². The van der Waals surface area contributed by atoms with E-state index in [-0.39, 0.29) is 24.1 Å². The summed E-state index contributed by atoms with van der Waals surface area (Å²) in [6, 6.07) is 5.86. The highest BCUT2D eigenvalue weighted by Gasteiger charge is 2.29. The highest BCUT2D eigenvalue weighted by atomic mass is 19.2. The van der Waals surface area contributed by atoms with Crippen molar-refractivity contribution in [2.45, 2.75) is 31.4 Å². The van der Waals surface area contributed by atoms with Crippen molar-refractivity contribution in [1.29, 1.82) is 0 Å². The highest BCUT2D eigenvalue weighted by Crippen LogP contribution is 2.35. The molecule has 1 saturated carbocycles. The zero-order valence-electron chi connectivity index (χ0n) is 11.3. The number of nitrogens with one attached hydrogen (secondary N) is 1. The van der Waals surface area contributed by atoms with Gasteiger partial charge in [-0.2, -0.15) is 0 Å². The molecule has 4 nitrogen and oxygen atoms in total. The summed E-state index contributed by atoms with van der Waals surface area (Å²) in [5.41, 5.74) is 1.10. The average molecular weight is 291 g/mol. The van der Waals surface area contributed by atoms with E-state index in [2.05, 4.69) is 15.3 Å². The van der Waals surface area contributed by atoms with Gasteiger partial charge in [0.1, 0.15) is 12.1 Å². The van der Waals surface area contributed by atoms with E-state index in [1.165, 1.54) is 18.5 Å². The molecule has 1 aromatic heterocycles. The molecule has 2 N–H and O–H groups in total. The van der Waals surface area contributed by atoms with Crippen molar-refractivity contribution in [3.63, 3.8) is 0 Å². The largest absolute Gasteiger partial charge is 0.393 e. The van der Waals surface area contributed by atoms with Gasteiger partial charge >= 0.3 is 0 Å². The first-order chi connectivity index (χ1) is 10.1. The summed E-state index contributed by atoms with van der Waals surface area (Å²) in [7, 11) is 0. The second-order valence-corrected chi connectivity index (χ2v) is 5.22. The zero-order valence-corrected chi connectivity index (χ0v) is 11.3. The first-order valence-corrected chi connectivity index (χ1v) is 6.80. The Balaban J connectivity index is 1.68. The Kier molecular flexibility index (Phi) is 3.79. The van der Waals surface area contributed by atoms with Gasteiger partial charge in [-0.1, -0.05) is 12.1 Å². The molecule has 1 aliphatic rings. The fourth-order valence-electron chi connectivity index (χ4n) is 2.39. The number of aliphatic hydroxyl groups excluding tert-OH is 1. The molecule has 21 heavy (non-hydrogen) atoms. The molecule has 0 spiro atoms. The van der Waals surface area contributed by atoms with Crippen LogP contribution in [0.3, 0.4) is 0 Å². The summed E-state index contributed by atoms with van der Waals surface area (Å²) >= 11 is 0. The molecule has 0 radical (unpaired) electrons. The summed E-state index contributed by atoms with van der Waals surface area (Å²) in [4.78, 5) is 8.25. The lowest BCUT2D eigenvalue weighted by atomic mass is 9.80. The van der Waals surface area contributed by atoms with Crippen molar-refractivity contribution < 1.29 is 13.9 Å². The van der Waals surface area contributed by atoms with Crippen LogP contribution in [0, 0.1) is 11.6 Å². The van der Waals surface area contributed by atoms with Crippen molar-refractivity contribution in [3.05, 3.63) is 53.5 Å². The maximum Gasteiger partial charge on any atom is 0.163 e. The molecule has 0 bridgehead atoms. The van der Waals surface area contributed by atoms with Gasteiger partial charge < -0.3 is 10.4 Å². The van der Waals surface area contributed by atoms with Crippen LogP contribution in [0.2, 0.25) is 0 Å². The van der Waals surface area contributed by atoms with Crippen LogP contribution in [-0.2, 0) is 6.54 Å². The molecular weight excluding hydrogens is 276 g/mol. The Morgan fingerprint density at radius 2 is 2.05 bits per heavy atom. The summed E-state index contributed by atoms with van der Waals surface area (Å²) in [5, 5.41) is 12.3. The molecule has 3 rings (SSSR count). The van der Waals surface area contributed by atoms with Gasteiger partial charge in [0.05, 0.1) is 6.10 Å². The van der Waals surface area contributed by atoms with Gasteiger partial charge in [0.15, 0.2) is 11.6 Å². The van der Waals surface area contributed by atoms with Crippen LogP contribution in [0.4, 0.5) is 14.6 Å². The third-order valence-corrected chi connectivity index (χ3v) is 3.71. The van der Waals surface area contributed by atoms with Crippen molar-refractivity contribution in [3.8, 4) is 0 Å². The van der Waals surface area contributed by atoms with Crippen LogP contribution in [0.5, 0.6) is 0 Å². The number of aliphatic hydroxyl groups is 1. The van der Waals surface area contributed by atoms with Gasteiger partial charge in [0.2, 0.25) is 0 Å². The normalized spacial score (nSPS) is 20.9. The maximum absolute atomic E-state index is 13.5. The minimum atomic E-state index is -0.860. The topological polar surface area (TPSA) is 58.0 Å². The van der Waals surface area contributed by atoms with Crippen molar-refractivity contribution in [2.75, 3.05) is 5.32 Å². The molecule has 0 aliphatic heterocycles. The molecule has 1 fully saturated rings. The number of rotatable bonds is 4. The van der Waals surface area contributed by atoms with Gasteiger partial charge in [-0.25, -0.2) is 18.7 Å². The second kappa shape index (κ2) is 5.73. The molecule has 0 saturated heterocycles. The van der Waals surface area contributed by atoms with E-state index in [0.717, 1.165) is 11.8 Å². The predicted molar refractivity (Wildman–Crippen MR) is 73.7 cm³/mol. The van der Waals surface area contributed by atoms with Crippen molar-refractivity contribution in [1.82, 2.24) is 9.97 Å². The third kappa shape index (κ3) is 3.00. The lowest BCUT2D eigenvalue weighted by Crippen LogP contribution is -2.27. The number of benzene rings is 1. The molecule has 0 unspecified atom stereocenters. The van der Waals surface area contributed by atoms with Crippen LogP contribution >= 0.6 is 0 Å². The number of aromatic nitrogens is 2. The average Bonchev–Trinajstić information content (AvgIpc) is 2.46. The Labute approximate surface area is 120 Å². The van der Waals surface area contributed by atoms with Crippen LogP contribution in [0.15, 0.2) is 30.6 Å². The summed E-state index contributed by atoms with van der Waals surface area (Å²) in [6.07, 6.45) is 2.59. The van der Waals surface area contributed by atoms with Crippen LogP contribution in [0.1, 0.15) is 30.0 Å². The highest BCUT2D eigenvalue weighted by molar-refractivity contribution is 5.37. The maximum atomic E-state index is 13.5. The second-order valence-electron chi connectivity index (χ2n) is 5.22. The Hall–Kier alpha value is -2.08. The fraction of sp³-hybridized carbons (Fsp3) is 0.333. The molecule has 2 aromatic rings. The van der Waals surface area contributed by atoms with Crippen LogP contribution in [0.25, 0.3) is 0 Å². The minimum absolute atomic E-state index is 0.146. The Morgan fingerprint density at radius 3 is 2.81 bits per heavy atom. The third-order valence-electron chi connectivity index (χ3n) is 3.71. The number of anilines is 1. The van der Waals surface area contributed by atoms with E-state index >= 15 is 0 Å². The SMILES string of the molecule is OC1CC(c2cc(NCc3cccc(F)c3F)ncn2)C1. The van der Waals surface area contributed by atoms with E-state index in [1.807, 2.05) is 0 Å². The van der Waals surface area contributed by atoms with E-state index in [4.69, 9.17) is 0 Å². The summed E-state index contributed by atoms with van der Waals surface area (Å²) in [5.74, 6) is -0.901. The monoisotopic (exact) mass is 291 g/mol. The predicted octanol–water partition coefficient (Wildman–Crippen LogP) is 2.61. The van der Waals surface area contributed by atoms with Gasteiger partial charge in [-0.05, 0) is 18.9 Å². The quantitative estimate of drug-likeness (QED) is 0.909. The molecule has 1 aromatic carbocycles. The standard InChI is InChI=1S/C15H15F2N3O/c16-12-3-1-2-9(15(12)17)7-18-14-6-13(19-8-20-14)10-4-11(21)5-10/h1-3,6,8,10-11,21H,4-5,7H2,(H,18,19,20). The van der Waals surface area contributed by atoms with Crippen molar-refractivity contribution >= 4 is 5.82 Å². The first-order valence-electron chi connectivity index (χ1n) is 6.80. The molecule has 0 atom stereocenters. The minimum Gasteiger partial charge on any atom is -0.393 e. The summed E-state index contributed by atoms with van der Waals surface area (Å²) in [6.45, 7) is 0.146. The molecule has 6 heteroatoms.